The molecule has 0 rings (SSSR count). The minimum Gasteiger partial charge on any atom is -0.481 e. The van der Waals surface area contributed by atoms with Crippen molar-refractivity contribution < 1.29 is 14.3 Å². The molecule has 3 unspecified atom stereocenters. The minimum atomic E-state index is -0.755. The molecule has 0 fully saturated rings. The maximum Gasteiger partial charge on any atom is 0.306 e. The maximum absolute atomic E-state index is 13.7. The van der Waals surface area contributed by atoms with Crippen LogP contribution in [0.3, 0.4) is 0 Å². The highest BCUT2D eigenvalue weighted by Crippen LogP contribution is 2.25. The molecule has 3 atom stereocenters. The van der Waals surface area contributed by atoms with Crippen molar-refractivity contribution in [3.63, 3.8) is 0 Å². The van der Waals surface area contributed by atoms with Crippen LogP contribution in [0.4, 0.5) is 4.39 Å². The van der Waals surface area contributed by atoms with Crippen molar-refractivity contribution in [2.45, 2.75) is 84.7 Å². The highest BCUT2D eigenvalue weighted by molar-refractivity contribution is 5.70. The molecule has 0 amide bonds. The van der Waals surface area contributed by atoms with Gasteiger partial charge in [0.2, 0.25) is 0 Å². The number of hydrogen-bond donors (Lipinski definition) is 1. The van der Waals surface area contributed by atoms with Crippen LogP contribution in [-0.2, 0) is 4.79 Å². The molecule has 0 aromatic heterocycles. The van der Waals surface area contributed by atoms with E-state index >= 15 is 0 Å². The van der Waals surface area contributed by atoms with E-state index in [1.165, 1.54) is 0 Å². The van der Waals surface area contributed by atoms with Gasteiger partial charge in [-0.25, -0.2) is 4.39 Å². The van der Waals surface area contributed by atoms with Gasteiger partial charge in [0.1, 0.15) is 6.17 Å². The number of carbonyl (C=O) groups is 1. The van der Waals surface area contributed by atoms with Crippen molar-refractivity contribution in [1.29, 1.82) is 0 Å². The Morgan fingerprint density at radius 1 is 1.00 bits per heavy atom. The van der Waals surface area contributed by atoms with Crippen LogP contribution in [0.25, 0.3) is 0 Å². The van der Waals surface area contributed by atoms with Crippen LogP contribution in [0, 0.1) is 11.8 Å². The first-order valence-corrected chi connectivity index (χ1v) is 7.89. The zero-order valence-electron chi connectivity index (χ0n) is 12.8. The third-order valence-electron chi connectivity index (χ3n) is 3.93. The standard InChI is InChI=1S/C16H31FO2/c1-4-6-8-9-14(17)12-11-13(3)15(16(18)19)10-7-5-2/h13-15H,4-12H2,1-3H3,(H,18,19). The molecule has 0 saturated heterocycles. The zero-order valence-corrected chi connectivity index (χ0v) is 12.8. The summed E-state index contributed by atoms with van der Waals surface area (Å²) in [7, 11) is 0. The Morgan fingerprint density at radius 3 is 2.16 bits per heavy atom. The fourth-order valence-corrected chi connectivity index (χ4v) is 2.48. The first-order chi connectivity index (χ1) is 9.02. The van der Waals surface area contributed by atoms with Crippen LogP contribution in [0.5, 0.6) is 0 Å². The van der Waals surface area contributed by atoms with Gasteiger partial charge in [-0.05, 0) is 31.6 Å². The van der Waals surface area contributed by atoms with E-state index < -0.39 is 12.1 Å². The van der Waals surface area contributed by atoms with Crippen LogP contribution < -0.4 is 0 Å². The zero-order chi connectivity index (χ0) is 14.7. The lowest BCUT2D eigenvalue weighted by Gasteiger charge is -2.20. The largest absolute Gasteiger partial charge is 0.481 e. The minimum absolute atomic E-state index is 0.0773. The van der Waals surface area contributed by atoms with E-state index in [-0.39, 0.29) is 11.8 Å². The van der Waals surface area contributed by atoms with Crippen LogP contribution >= 0.6 is 0 Å². The van der Waals surface area contributed by atoms with Crippen LogP contribution in [0.2, 0.25) is 0 Å². The molecule has 19 heavy (non-hydrogen) atoms. The number of rotatable bonds is 12. The molecule has 0 saturated carbocycles. The van der Waals surface area contributed by atoms with Gasteiger partial charge in [0, 0.05) is 0 Å². The van der Waals surface area contributed by atoms with E-state index in [0.29, 0.717) is 19.3 Å². The van der Waals surface area contributed by atoms with Gasteiger partial charge in [0.25, 0.3) is 0 Å². The SMILES string of the molecule is CCCCCC(F)CCC(C)C(CCCC)C(=O)O. The van der Waals surface area contributed by atoms with Gasteiger partial charge in [-0.1, -0.05) is 52.9 Å². The molecule has 0 aromatic carbocycles. The normalized spacial score (nSPS) is 16.0. The fraction of sp³-hybridized carbons (Fsp3) is 0.938. The summed E-state index contributed by atoms with van der Waals surface area (Å²) in [6.45, 7) is 6.13. The van der Waals surface area contributed by atoms with E-state index in [0.717, 1.165) is 38.5 Å². The highest BCUT2D eigenvalue weighted by atomic mass is 19.1. The fourth-order valence-electron chi connectivity index (χ4n) is 2.48. The summed E-state index contributed by atoms with van der Waals surface area (Å²) >= 11 is 0. The Morgan fingerprint density at radius 2 is 1.63 bits per heavy atom. The number of carboxylic acids is 1. The van der Waals surface area contributed by atoms with E-state index in [1.54, 1.807) is 0 Å². The number of halogens is 1. The van der Waals surface area contributed by atoms with E-state index in [2.05, 4.69) is 13.8 Å². The molecule has 0 aromatic rings. The Hall–Kier alpha value is -0.600. The quantitative estimate of drug-likeness (QED) is 0.496. The van der Waals surface area contributed by atoms with Gasteiger partial charge in [0.15, 0.2) is 0 Å². The topological polar surface area (TPSA) is 37.3 Å². The van der Waals surface area contributed by atoms with Gasteiger partial charge in [-0.2, -0.15) is 0 Å². The van der Waals surface area contributed by atoms with E-state index in [9.17, 15) is 14.3 Å². The molecule has 1 N–H and O–H groups in total. The number of unbranched alkanes of at least 4 members (excludes halogenated alkanes) is 3. The molecule has 3 heteroatoms. The van der Waals surface area contributed by atoms with E-state index in [1.807, 2.05) is 6.92 Å². The average Bonchev–Trinajstić information content (AvgIpc) is 2.36. The lowest BCUT2D eigenvalue weighted by Crippen LogP contribution is -2.22. The highest BCUT2D eigenvalue weighted by Gasteiger charge is 2.24. The third-order valence-corrected chi connectivity index (χ3v) is 3.93. The third kappa shape index (κ3) is 9.01. The van der Waals surface area contributed by atoms with Crippen molar-refractivity contribution in [2.24, 2.45) is 11.8 Å². The Kier molecular flexibility index (Phi) is 10.9. The summed E-state index contributed by atoms with van der Waals surface area (Å²) in [5.74, 6) is -0.946. The Balaban J connectivity index is 3.96. The van der Waals surface area contributed by atoms with E-state index in [4.69, 9.17) is 0 Å². The van der Waals surface area contributed by atoms with Crippen LogP contribution in [0.1, 0.15) is 78.6 Å². The van der Waals surface area contributed by atoms with Crippen LogP contribution in [0.15, 0.2) is 0 Å². The van der Waals surface area contributed by atoms with Crippen molar-refractivity contribution in [3.05, 3.63) is 0 Å². The average molecular weight is 274 g/mol. The summed E-state index contributed by atoms with van der Waals surface area (Å²) < 4.78 is 13.7. The van der Waals surface area contributed by atoms with Gasteiger partial charge in [0.05, 0.1) is 5.92 Å². The Bertz CT molecular complexity index is 231. The molecule has 0 bridgehead atoms. The predicted molar refractivity (Wildman–Crippen MR) is 78.1 cm³/mol. The molecule has 0 aliphatic carbocycles. The predicted octanol–water partition coefficient (Wildman–Crippen LogP) is 5.21. The van der Waals surface area contributed by atoms with Crippen molar-refractivity contribution in [2.75, 3.05) is 0 Å². The summed E-state index contributed by atoms with van der Waals surface area (Å²) in [5.41, 5.74) is 0. The first kappa shape index (κ1) is 18.4. The van der Waals surface area contributed by atoms with Crippen molar-refractivity contribution in [3.8, 4) is 0 Å². The molecule has 0 aliphatic rings. The summed E-state index contributed by atoms with van der Waals surface area (Å²) in [6, 6.07) is 0. The summed E-state index contributed by atoms with van der Waals surface area (Å²) in [4.78, 5) is 11.2. The smallest absolute Gasteiger partial charge is 0.306 e. The second kappa shape index (κ2) is 11.2. The summed E-state index contributed by atoms with van der Waals surface area (Å²) in [5, 5.41) is 9.22. The molecule has 0 radical (unpaired) electrons. The maximum atomic E-state index is 13.7. The number of carboxylic acid groups (broad SMARTS) is 1. The van der Waals surface area contributed by atoms with Crippen molar-refractivity contribution in [1.82, 2.24) is 0 Å². The van der Waals surface area contributed by atoms with Gasteiger partial charge in [-0.15, -0.1) is 0 Å². The van der Waals surface area contributed by atoms with Crippen LogP contribution in [-0.4, -0.2) is 17.2 Å². The molecular weight excluding hydrogens is 243 g/mol. The monoisotopic (exact) mass is 274 g/mol. The molecule has 0 aliphatic heterocycles. The molecule has 2 nitrogen and oxygen atoms in total. The number of hydrogen-bond acceptors (Lipinski definition) is 1. The second-order valence-corrected chi connectivity index (χ2v) is 5.73. The summed E-state index contributed by atoms with van der Waals surface area (Å²) in [6.07, 6.45) is 6.91. The lowest BCUT2D eigenvalue weighted by molar-refractivity contribution is -0.144. The first-order valence-electron chi connectivity index (χ1n) is 7.89. The van der Waals surface area contributed by atoms with Gasteiger partial charge in [-0.3, -0.25) is 4.79 Å². The molecule has 114 valence electrons. The van der Waals surface area contributed by atoms with Crippen molar-refractivity contribution >= 4 is 5.97 Å². The second-order valence-electron chi connectivity index (χ2n) is 5.73. The van der Waals surface area contributed by atoms with Gasteiger partial charge < -0.3 is 5.11 Å². The Labute approximate surface area is 117 Å². The molecule has 0 spiro atoms. The lowest BCUT2D eigenvalue weighted by atomic mass is 9.85. The van der Waals surface area contributed by atoms with Gasteiger partial charge >= 0.3 is 5.97 Å². The molecular formula is C16H31FO2. The number of alkyl halides is 1. The molecule has 0 heterocycles. The number of aliphatic carboxylic acids is 1.